The van der Waals surface area contributed by atoms with Crippen molar-refractivity contribution in [2.24, 2.45) is 0 Å². The fourth-order valence-electron chi connectivity index (χ4n) is 3.88. The van der Waals surface area contributed by atoms with Gasteiger partial charge in [-0.05, 0) is 43.4 Å². The molecule has 0 aliphatic heterocycles. The lowest BCUT2D eigenvalue weighted by Crippen LogP contribution is -2.47. The van der Waals surface area contributed by atoms with E-state index < -0.39 is 0 Å². The summed E-state index contributed by atoms with van der Waals surface area (Å²) in [6.45, 7) is 6.22. The summed E-state index contributed by atoms with van der Waals surface area (Å²) < 4.78 is 5.85. The molecule has 0 spiro atoms. The summed E-state index contributed by atoms with van der Waals surface area (Å²) in [5.74, 6) is 1.28. The van der Waals surface area contributed by atoms with Crippen LogP contribution in [0.15, 0.2) is 24.3 Å². The van der Waals surface area contributed by atoms with Crippen LogP contribution in [0.5, 0.6) is 5.75 Å². The molecule has 1 aliphatic rings. The SMILES string of the molecule is CC(NC(=O)NC1CCCCCCCCCCC1)Oc1ccc(C(C)C)cc1. The highest BCUT2D eigenvalue weighted by Gasteiger charge is 2.15. The molecule has 2 amide bonds. The van der Waals surface area contributed by atoms with Gasteiger partial charge in [-0.25, -0.2) is 4.79 Å². The van der Waals surface area contributed by atoms with E-state index in [-0.39, 0.29) is 18.3 Å². The predicted octanol–water partition coefficient (Wildman–Crippen LogP) is 6.51. The number of carbonyl (C=O) groups is 1. The third kappa shape index (κ3) is 8.99. The Balaban J connectivity index is 1.76. The molecule has 28 heavy (non-hydrogen) atoms. The number of rotatable bonds is 5. The number of amides is 2. The molecule has 1 unspecified atom stereocenters. The molecule has 0 radical (unpaired) electrons. The van der Waals surface area contributed by atoms with Crippen molar-refractivity contribution in [3.63, 3.8) is 0 Å². The molecular formula is C24H40N2O2. The van der Waals surface area contributed by atoms with E-state index in [2.05, 4.69) is 36.6 Å². The van der Waals surface area contributed by atoms with Gasteiger partial charge in [0.1, 0.15) is 5.75 Å². The fourth-order valence-corrected chi connectivity index (χ4v) is 3.88. The highest BCUT2D eigenvalue weighted by Crippen LogP contribution is 2.19. The van der Waals surface area contributed by atoms with Crippen LogP contribution in [-0.2, 0) is 0 Å². The Labute approximate surface area is 171 Å². The maximum atomic E-state index is 12.4. The van der Waals surface area contributed by atoms with Gasteiger partial charge in [0.05, 0.1) is 0 Å². The fraction of sp³-hybridized carbons (Fsp3) is 0.708. The summed E-state index contributed by atoms with van der Waals surface area (Å²) in [4.78, 5) is 12.4. The van der Waals surface area contributed by atoms with Crippen molar-refractivity contribution in [3.8, 4) is 5.75 Å². The number of urea groups is 1. The van der Waals surface area contributed by atoms with Gasteiger partial charge < -0.3 is 15.4 Å². The van der Waals surface area contributed by atoms with E-state index >= 15 is 0 Å². The highest BCUT2D eigenvalue weighted by atomic mass is 16.5. The largest absolute Gasteiger partial charge is 0.471 e. The van der Waals surface area contributed by atoms with Crippen molar-refractivity contribution < 1.29 is 9.53 Å². The van der Waals surface area contributed by atoms with Crippen LogP contribution in [0.3, 0.4) is 0 Å². The van der Waals surface area contributed by atoms with E-state index in [0.717, 1.165) is 18.6 Å². The molecular weight excluding hydrogens is 348 g/mol. The number of nitrogens with one attached hydrogen (secondary N) is 2. The van der Waals surface area contributed by atoms with Crippen LogP contribution in [-0.4, -0.2) is 18.3 Å². The minimum absolute atomic E-state index is 0.122. The molecule has 0 saturated heterocycles. The Hall–Kier alpha value is -1.71. The zero-order valence-corrected chi connectivity index (χ0v) is 18.1. The minimum atomic E-state index is -0.365. The van der Waals surface area contributed by atoms with Crippen molar-refractivity contribution in [1.29, 1.82) is 0 Å². The lowest BCUT2D eigenvalue weighted by atomic mass is 9.98. The van der Waals surface area contributed by atoms with Gasteiger partial charge >= 0.3 is 6.03 Å². The van der Waals surface area contributed by atoms with Gasteiger partial charge in [0.25, 0.3) is 0 Å². The molecule has 0 aromatic heterocycles. The van der Waals surface area contributed by atoms with Crippen LogP contribution in [0, 0.1) is 0 Å². The first-order valence-electron chi connectivity index (χ1n) is 11.4. The molecule has 4 heteroatoms. The molecule has 1 atom stereocenters. The summed E-state index contributed by atoms with van der Waals surface area (Å²) >= 11 is 0. The lowest BCUT2D eigenvalue weighted by Gasteiger charge is -2.22. The van der Waals surface area contributed by atoms with E-state index in [0.29, 0.717) is 5.92 Å². The van der Waals surface area contributed by atoms with Gasteiger partial charge in [-0.15, -0.1) is 0 Å². The Morgan fingerprint density at radius 3 is 1.86 bits per heavy atom. The number of hydrogen-bond donors (Lipinski definition) is 2. The molecule has 4 nitrogen and oxygen atoms in total. The quantitative estimate of drug-likeness (QED) is 0.565. The normalized spacial score (nSPS) is 18.6. The minimum Gasteiger partial charge on any atom is -0.471 e. The smallest absolute Gasteiger partial charge is 0.317 e. The van der Waals surface area contributed by atoms with Gasteiger partial charge in [0, 0.05) is 6.04 Å². The molecule has 2 rings (SSSR count). The van der Waals surface area contributed by atoms with Crippen LogP contribution in [0.25, 0.3) is 0 Å². The van der Waals surface area contributed by atoms with Crippen molar-refractivity contribution in [2.75, 3.05) is 0 Å². The topological polar surface area (TPSA) is 50.4 Å². The van der Waals surface area contributed by atoms with Crippen molar-refractivity contribution in [3.05, 3.63) is 29.8 Å². The van der Waals surface area contributed by atoms with Gasteiger partial charge in [-0.2, -0.15) is 0 Å². The number of ether oxygens (including phenoxy) is 1. The van der Waals surface area contributed by atoms with Gasteiger partial charge in [0.15, 0.2) is 6.23 Å². The van der Waals surface area contributed by atoms with Crippen LogP contribution >= 0.6 is 0 Å². The summed E-state index contributed by atoms with van der Waals surface area (Å²) in [5.41, 5.74) is 1.29. The predicted molar refractivity (Wildman–Crippen MR) is 117 cm³/mol. The van der Waals surface area contributed by atoms with E-state index in [4.69, 9.17) is 4.74 Å². The lowest BCUT2D eigenvalue weighted by molar-refractivity contribution is 0.174. The maximum Gasteiger partial charge on any atom is 0.317 e. The first-order valence-corrected chi connectivity index (χ1v) is 11.4. The van der Waals surface area contributed by atoms with Crippen molar-refractivity contribution in [1.82, 2.24) is 10.6 Å². The van der Waals surface area contributed by atoms with Gasteiger partial charge in [-0.1, -0.05) is 83.8 Å². The average Bonchev–Trinajstić information content (AvgIpc) is 2.64. The molecule has 1 aromatic rings. The Kier molecular flexibility index (Phi) is 10.2. The second kappa shape index (κ2) is 12.7. The summed E-state index contributed by atoms with van der Waals surface area (Å²) in [7, 11) is 0. The standard InChI is InChI=1S/C24H40N2O2/c1-19(2)21-15-17-23(18-16-21)28-20(3)25-24(27)26-22-13-11-9-7-5-4-6-8-10-12-14-22/h15-20,22H,4-14H2,1-3H3,(H2,25,26,27). The molecule has 2 N–H and O–H groups in total. The van der Waals surface area contributed by atoms with E-state index in [1.807, 2.05) is 19.1 Å². The van der Waals surface area contributed by atoms with E-state index in [1.165, 1.54) is 63.4 Å². The van der Waals surface area contributed by atoms with Gasteiger partial charge in [0.2, 0.25) is 0 Å². The number of carbonyl (C=O) groups excluding carboxylic acids is 1. The Morgan fingerprint density at radius 1 is 0.857 bits per heavy atom. The highest BCUT2D eigenvalue weighted by molar-refractivity contribution is 5.74. The second-order valence-electron chi connectivity index (χ2n) is 8.56. The van der Waals surface area contributed by atoms with E-state index in [1.54, 1.807) is 0 Å². The van der Waals surface area contributed by atoms with E-state index in [9.17, 15) is 4.79 Å². The Bertz CT molecular complexity index is 544. The summed E-state index contributed by atoms with van der Waals surface area (Å²) in [6, 6.07) is 8.26. The molecule has 1 aliphatic carbocycles. The zero-order valence-electron chi connectivity index (χ0n) is 18.1. The number of benzene rings is 1. The molecule has 0 heterocycles. The molecule has 1 fully saturated rings. The first kappa shape index (κ1) is 22.6. The number of hydrogen-bond acceptors (Lipinski definition) is 2. The third-order valence-electron chi connectivity index (χ3n) is 5.63. The van der Waals surface area contributed by atoms with Crippen LogP contribution in [0.1, 0.15) is 103 Å². The van der Waals surface area contributed by atoms with Crippen LogP contribution < -0.4 is 15.4 Å². The Morgan fingerprint density at radius 2 is 1.36 bits per heavy atom. The van der Waals surface area contributed by atoms with Crippen LogP contribution in [0.4, 0.5) is 4.79 Å². The maximum absolute atomic E-state index is 12.4. The zero-order chi connectivity index (χ0) is 20.2. The van der Waals surface area contributed by atoms with Gasteiger partial charge in [-0.3, -0.25) is 0 Å². The molecule has 1 saturated carbocycles. The third-order valence-corrected chi connectivity index (χ3v) is 5.63. The molecule has 0 bridgehead atoms. The first-order chi connectivity index (χ1) is 13.5. The monoisotopic (exact) mass is 388 g/mol. The van der Waals surface area contributed by atoms with Crippen molar-refractivity contribution >= 4 is 6.03 Å². The summed E-state index contributed by atoms with van der Waals surface area (Å²) in [5, 5.41) is 6.11. The second-order valence-corrected chi connectivity index (χ2v) is 8.56. The summed E-state index contributed by atoms with van der Waals surface area (Å²) in [6.07, 6.45) is 13.6. The average molecular weight is 389 g/mol. The van der Waals surface area contributed by atoms with Crippen LogP contribution in [0.2, 0.25) is 0 Å². The molecule has 158 valence electrons. The van der Waals surface area contributed by atoms with Crippen molar-refractivity contribution in [2.45, 2.75) is 110 Å². The molecule has 1 aromatic carbocycles.